The first-order valence-corrected chi connectivity index (χ1v) is 9.39. The maximum absolute atomic E-state index is 12.0. The number of hydrogen-bond acceptors (Lipinski definition) is 1. The Kier molecular flexibility index (Phi) is 10.8. The molecule has 0 heterocycles. The highest BCUT2D eigenvalue weighted by atomic mass is 32.2. The summed E-state index contributed by atoms with van der Waals surface area (Å²) >= 11 is -1.88. The quantitative estimate of drug-likeness (QED) is 0.554. The molecule has 0 aliphatic heterocycles. The van der Waals surface area contributed by atoms with E-state index in [0.717, 1.165) is 38.5 Å². The van der Waals surface area contributed by atoms with Gasteiger partial charge < -0.3 is 0 Å². The highest BCUT2D eigenvalue weighted by molar-refractivity contribution is 7.76. The minimum atomic E-state index is -1.88. The van der Waals surface area contributed by atoms with Gasteiger partial charge in [-0.3, -0.25) is 4.55 Å². The van der Waals surface area contributed by atoms with Gasteiger partial charge in [0.25, 0.3) is 0 Å². The van der Waals surface area contributed by atoms with E-state index in [0.29, 0.717) is 11.8 Å². The van der Waals surface area contributed by atoms with E-state index in [1.807, 2.05) is 4.31 Å². The van der Waals surface area contributed by atoms with E-state index >= 15 is 0 Å². The first-order valence-electron chi connectivity index (χ1n) is 8.33. The summed E-state index contributed by atoms with van der Waals surface area (Å²) in [6.45, 7) is 13.1. The molecule has 4 heteroatoms. The summed E-state index contributed by atoms with van der Waals surface area (Å²) < 4.78 is 23.7. The lowest BCUT2D eigenvalue weighted by atomic mass is 9.89. The van der Waals surface area contributed by atoms with Crippen LogP contribution in [0.5, 0.6) is 0 Å². The standard InChI is InChI=1S/C16H35NO2S/c1-7-11-13(5)15(9-3)17(20(18)19)16(10-4)14(6)12-8-2/h13-16H,7-12H2,1-6H3,(H,18,19). The van der Waals surface area contributed by atoms with Gasteiger partial charge in [0, 0.05) is 12.1 Å². The van der Waals surface area contributed by atoms with E-state index in [1.165, 1.54) is 0 Å². The lowest BCUT2D eigenvalue weighted by Gasteiger charge is -2.40. The largest absolute Gasteiger partial charge is 0.294 e. The fourth-order valence-corrected chi connectivity index (χ4v) is 4.62. The molecule has 0 aliphatic rings. The van der Waals surface area contributed by atoms with Crippen LogP contribution in [-0.2, 0) is 11.3 Å². The van der Waals surface area contributed by atoms with Crippen molar-refractivity contribution in [3.05, 3.63) is 0 Å². The highest BCUT2D eigenvalue weighted by Crippen LogP contribution is 2.28. The molecule has 0 bridgehead atoms. The molecule has 0 aromatic carbocycles. The Labute approximate surface area is 128 Å². The molecule has 5 atom stereocenters. The van der Waals surface area contributed by atoms with Crippen molar-refractivity contribution in [1.82, 2.24) is 4.31 Å². The predicted molar refractivity (Wildman–Crippen MR) is 88.9 cm³/mol. The molecule has 122 valence electrons. The van der Waals surface area contributed by atoms with Gasteiger partial charge in [-0.1, -0.05) is 54.4 Å². The molecular weight excluding hydrogens is 270 g/mol. The molecule has 0 amide bonds. The summed E-state index contributed by atoms with van der Waals surface area (Å²) in [4.78, 5) is 0. The van der Waals surface area contributed by atoms with Crippen LogP contribution in [-0.4, -0.2) is 25.2 Å². The molecule has 0 fully saturated rings. The normalized spacial score (nSPS) is 19.6. The second-order valence-corrected chi connectivity index (χ2v) is 6.96. The lowest BCUT2D eigenvalue weighted by Crippen LogP contribution is -2.49. The molecule has 3 nitrogen and oxygen atoms in total. The van der Waals surface area contributed by atoms with Crippen molar-refractivity contribution in [2.45, 2.75) is 92.2 Å². The van der Waals surface area contributed by atoms with Crippen molar-refractivity contribution in [2.24, 2.45) is 11.8 Å². The van der Waals surface area contributed by atoms with Crippen LogP contribution in [0.2, 0.25) is 0 Å². The van der Waals surface area contributed by atoms with Crippen molar-refractivity contribution in [2.75, 3.05) is 0 Å². The van der Waals surface area contributed by atoms with Crippen LogP contribution < -0.4 is 0 Å². The Balaban J connectivity index is 5.19. The molecule has 20 heavy (non-hydrogen) atoms. The number of rotatable bonds is 11. The van der Waals surface area contributed by atoms with Crippen LogP contribution in [0.25, 0.3) is 0 Å². The van der Waals surface area contributed by atoms with Gasteiger partial charge >= 0.3 is 0 Å². The molecule has 0 aromatic rings. The zero-order chi connectivity index (χ0) is 15.7. The fourth-order valence-electron chi connectivity index (χ4n) is 3.44. The zero-order valence-electron chi connectivity index (χ0n) is 14.3. The van der Waals surface area contributed by atoms with Crippen LogP contribution in [0.3, 0.4) is 0 Å². The van der Waals surface area contributed by atoms with Crippen molar-refractivity contribution in [1.29, 1.82) is 0 Å². The molecule has 0 rings (SSSR count). The van der Waals surface area contributed by atoms with Gasteiger partial charge in [0.1, 0.15) is 0 Å². The summed E-state index contributed by atoms with van der Waals surface area (Å²) in [7, 11) is 0. The summed E-state index contributed by atoms with van der Waals surface area (Å²) in [6.07, 6.45) is 6.36. The van der Waals surface area contributed by atoms with Crippen molar-refractivity contribution < 1.29 is 8.76 Å². The smallest absolute Gasteiger partial charge is 0.235 e. The van der Waals surface area contributed by atoms with Gasteiger partial charge in [0.15, 0.2) is 0 Å². The molecule has 0 aromatic heterocycles. The average Bonchev–Trinajstić information content (AvgIpc) is 2.39. The minimum Gasteiger partial charge on any atom is -0.294 e. The molecule has 0 aliphatic carbocycles. The summed E-state index contributed by atoms with van der Waals surface area (Å²) in [5, 5.41) is 0. The Hall–Kier alpha value is 0.0700. The van der Waals surface area contributed by atoms with E-state index in [2.05, 4.69) is 41.5 Å². The molecule has 0 saturated heterocycles. The first-order chi connectivity index (χ1) is 9.44. The fraction of sp³-hybridized carbons (Fsp3) is 1.00. The maximum atomic E-state index is 12.0. The lowest BCUT2D eigenvalue weighted by molar-refractivity contribution is 0.138. The zero-order valence-corrected chi connectivity index (χ0v) is 15.1. The average molecular weight is 306 g/mol. The van der Waals surface area contributed by atoms with Crippen LogP contribution in [0.4, 0.5) is 0 Å². The number of hydrogen-bond donors (Lipinski definition) is 1. The Morgan fingerprint density at radius 2 is 1.25 bits per heavy atom. The highest BCUT2D eigenvalue weighted by Gasteiger charge is 2.34. The Morgan fingerprint density at radius 1 is 0.900 bits per heavy atom. The van der Waals surface area contributed by atoms with Crippen LogP contribution in [0.15, 0.2) is 0 Å². The summed E-state index contributed by atoms with van der Waals surface area (Å²) in [5.74, 6) is 0.924. The summed E-state index contributed by atoms with van der Waals surface area (Å²) in [6, 6.07) is 0.398. The second-order valence-electron chi connectivity index (χ2n) is 6.07. The third-order valence-electron chi connectivity index (χ3n) is 4.47. The van der Waals surface area contributed by atoms with Crippen molar-refractivity contribution >= 4 is 11.3 Å². The third kappa shape index (κ3) is 5.82. The van der Waals surface area contributed by atoms with Gasteiger partial charge in [-0.25, -0.2) is 4.21 Å². The van der Waals surface area contributed by atoms with E-state index in [-0.39, 0.29) is 12.1 Å². The Bertz CT molecular complexity index is 253. The third-order valence-corrected chi connectivity index (χ3v) is 5.37. The van der Waals surface area contributed by atoms with E-state index < -0.39 is 11.3 Å². The van der Waals surface area contributed by atoms with Crippen LogP contribution in [0, 0.1) is 11.8 Å². The first kappa shape index (κ1) is 20.1. The SMILES string of the molecule is CCCC(C)C(CC)N(C(CC)C(C)CCC)S(=O)O. The topological polar surface area (TPSA) is 40.5 Å². The second kappa shape index (κ2) is 10.7. The minimum absolute atomic E-state index is 0.199. The van der Waals surface area contributed by atoms with Gasteiger partial charge in [-0.15, -0.1) is 0 Å². The predicted octanol–water partition coefficient (Wildman–Crippen LogP) is 4.85. The van der Waals surface area contributed by atoms with Crippen molar-refractivity contribution in [3.8, 4) is 0 Å². The van der Waals surface area contributed by atoms with E-state index in [1.54, 1.807) is 0 Å². The molecule has 0 radical (unpaired) electrons. The Morgan fingerprint density at radius 3 is 1.45 bits per heavy atom. The molecule has 0 saturated carbocycles. The van der Waals surface area contributed by atoms with Crippen molar-refractivity contribution in [3.63, 3.8) is 0 Å². The van der Waals surface area contributed by atoms with Gasteiger partial charge in [0.2, 0.25) is 11.3 Å². The van der Waals surface area contributed by atoms with Crippen LogP contribution >= 0.6 is 0 Å². The molecular formula is C16H35NO2S. The van der Waals surface area contributed by atoms with E-state index in [9.17, 15) is 8.76 Å². The molecule has 5 unspecified atom stereocenters. The monoisotopic (exact) mass is 305 g/mol. The van der Waals surface area contributed by atoms with Gasteiger partial charge in [-0.2, -0.15) is 4.31 Å². The van der Waals surface area contributed by atoms with Crippen LogP contribution in [0.1, 0.15) is 80.1 Å². The maximum Gasteiger partial charge on any atom is 0.235 e. The molecule has 1 N–H and O–H groups in total. The van der Waals surface area contributed by atoms with E-state index in [4.69, 9.17) is 0 Å². The van der Waals surface area contributed by atoms with Gasteiger partial charge in [-0.05, 0) is 37.5 Å². The number of nitrogens with zero attached hydrogens (tertiary/aromatic N) is 1. The van der Waals surface area contributed by atoms with Gasteiger partial charge in [0.05, 0.1) is 0 Å². The summed E-state index contributed by atoms with van der Waals surface area (Å²) in [5.41, 5.74) is 0. The molecule has 0 spiro atoms.